The van der Waals surface area contributed by atoms with Gasteiger partial charge in [-0.15, -0.1) is 10.2 Å². The number of rotatable bonds is 6. The number of hydrogen-bond acceptors (Lipinski definition) is 8. The van der Waals surface area contributed by atoms with Gasteiger partial charge in [0.15, 0.2) is 0 Å². The number of amides is 1. The van der Waals surface area contributed by atoms with E-state index in [4.69, 9.17) is 32.0 Å². The number of benzene rings is 1. The van der Waals surface area contributed by atoms with Crippen LogP contribution in [0.4, 0.5) is 25.1 Å². The Hall–Kier alpha value is -3.10. The van der Waals surface area contributed by atoms with Gasteiger partial charge in [-0.3, -0.25) is 14.7 Å². The van der Waals surface area contributed by atoms with Crippen LogP contribution in [0.15, 0.2) is 24.3 Å². The summed E-state index contributed by atoms with van der Waals surface area (Å²) in [4.78, 5) is 29.3. The molecule has 2 atom stereocenters. The SMILES string of the molecule is Nc1nnc(N2CCC(N3C[C@H](C(=O)NC4CC4)OC[C@@H]3Cc3ccc(Cl)cc3)CC2)[nH]1.O=C(O)C(F)(F)F. The number of aromatic amines is 1. The first-order chi connectivity index (χ1) is 18.5. The highest BCUT2D eigenvalue weighted by atomic mass is 35.5. The zero-order valence-corrected chi connectivity index (χ0v) is 21.8. The molecule has 39 heavy (non-hydrogen) atoms. The van der Waals surface area contributed by atoms with Crippen LogP contribution in [0.25, 0.3) is 0 Å². The number of hydrogen-bond donors (Lipinski definition) is 4. The molecule has 2 aliphatic heterocycles. The van der Waals surface area contributed by atoms with Crippen LogP contribution in [0, 0.1) is 0 Å². The summed E-state index contributed by atoms with van der Waals surface area (Å²) in [6, 6.07) is 8.94. The van der Waals surface area contributed by atoms with Gasteiger partial charge in [0, 0.05) is 42.8 Å². The molecular weight excluding hydrogens is 543 g/mol. The van der Waals surface area contributed by atoms with Gasteiger partial charge in [-0.25, -0.2) is 4.79 Å². The number of carboxylic acids is 1. The lowest BCUT2D eigenvalue weighted by Gasteiger charge is -2.46. The Morgan fingerprint density at radius 2 is 1.79 bits per heavy atom. The zero-order chi connectivity index (χ0) is 28.2. The molecule has 15 heteroatoms. The third-order valence-corrected chi connectivity index (χ3v) is 7.16. The van der Waals surface area contributed by atoms with Crippen LogP contribution < -0.4 is 16.0 Å². The first kappa shape index (κ1) is 28.9. The second-order valence-corrected chi connectivity index (χ2v) is 10.3. The summed E-state index contributed by atoms with van der Waals surface area (Å²) in [6.07, 6.45) is -0.516. The second kappa shape index (κ2) is 12.4. The van der Waals surface area contributed by atoms with Crippen LogP contribution in [0.1, 0.15) is 31.2 Å². The van der Waals surface area contributed by atoms with Gasteiger partial charge in [-0.1, -0.05) is 23.7 Å². The van der Waals surface area contributed by atoms with Crippen molar-refractivity contribution in [1.29, 1.82) is 0 Å². The van der Waals surface area contributed by atoms with Gasteiger partial charge in [-0.2, -0.15) is 13.2 Å². The number of halogens is 4. The highest BCUT2D eigenvalue weighted by molar-refractivity contribution is 6.30. The van der Waals surface area contributed by atoms with Crippen molar-refractivity contribution < 1.29 is 32.6 Å². The van der Waals surface area contributed by atoms with E-state index in [-0.39, 0.29) is 11.9 Å². The van der Waals surface area contributed by atoms with E-state index in [0.29, 0.717) is 31.2 Å². The molecule has 3 heterocycles. The van der Waals surface area contributed by atoms with E-state index in [1.54, 1.807) is 0 Å². The van der Waals surface area contributed by atoms with Crippen molar-refractivity contribution in [2.75, 3.05) is 36.9 Å². The van der Waals surface area contributed by atoms with E-state index < -0.39 is 18.2 Å². The van der Waals surface area contributed by atoms with Crippen LogP contribution >= 0.6 is 11.6 Å². The second-order valence-electron chi connectivity index (χ2n) is 9.84. The molecule has 0 spiro atoms. The first-order valence-corrected chi connectivity index (χ1v) is 13.0. The molecule has 1 saturated carbocycles. The van der Waals surface area contributed by atoms with E-state index in [9.17, 15) is 18.0 Å². The number of ether oxygens (including phenoxy) is 1. The molecule has 1 aliphatic carbocycles. The lowest BCUT2D eigenvalue weighted by atomic mass is 9.96. The Kier molecular flexibility index (Phi) is 9.18. The molecule has 11 nitrogen and oxygen atoms in total. The van der Waals surface area contributed by atoms with E-state index >= 15 is 0 Å². The molecule has 5 rings (SSSR count). The molecule has 1 aromatic heterocycles. The van der Waals surface area contributed by atoms with Gasteiger partial charge in [0.1, 0.15) is 6.10 Å². The Labute approximate surface area is 227 Å². The van der Waals surface area contributed by atoms with E-state index in [2.05, 4.69) is 42.4 Å². The normalized spacial score (nSPS) is 22.6. The van der Waals surface area contributed by atoms with Gasteiger partial charge in [0.2, 0.25) is 11.9 Å². The quantitative estimate of drug-likeness (QED) is 0.408. The van der Waals surface area contributed by atoms with Crippen LogP contribution in [0.3, 0.4) is 0 Å². The molecule has 1 aromatic carbocycles. The molecule has 3 aliphatic rings. The Morgan fingerprint density at radius 3 is 2.33 bits per heavy atom. The Balaban J connectivity index is 0.000000448. The molecule has 2 aromatic rings. The number of morpholine rings is 1. The number of carboxylic acid groups (broad SMARTS) is 1. The predicted molar refractivity (Wildman–Crippen MR) is 136 cm³/mol. The summed E-state index contributed by atoms with van der Waals surface area (Å²) in [5.74, 6) is -1.67. The summed E-state index contributed by atoms with van der Waals surface area (Å²) < 4.78 is 37.8. The number of nitrogens with one attached hydrogen (secondary N) is 2. The molecule has 3 fully saturated rings. The summed E-state index contributed by atoms with van der Waals surface area (Å²) in [7, 11) is 0. The van der Waals surface area contributed by atoms with Crippen molar-refractivity contribution >= 4 is 35.4 Å². The number of aromatic nitrogens is 3. The molecule has 0 unspecified atom stereocenters. The fraction of sp³-hybridized carbons (Fsp3) is 0.583. The van der Waals surface area contributed by atoms with E-state index in [1.807, 2.05) is 12.1 Å². The van der Waals surface area contributed by atoms with Crippen LogP contribution in [-0.2, 0) is 20.7 Å². The third-order valence-electron chi connectivity index (χ3n) is 6.90. The number of carbonyl (C=O) groups excluding carboxylic acids is 1. The van der Waals surface area contributed by atoms with Crippen molar-refractivity contribution in [3.63, 3.8) is 0 Å². The number of carbonyl (C=O) groups is 2. The molecule has 5 N–H and O–H groups in total. The molecule has 1 amide bonds. The summed E-state index contributed by atoms with van der Waals surface area (Å²) in [5.41, 5.74) is 6.91. The van der Waals surface area contributed by atoms with Crippen LogP contribution in [-0.4, -0.2) is 93.7 Å². The number of nitrogens with zero attached hydrogens (tertiary/aromatic N) is 4. The predicted octanol–water partition coefficient (Wildman–Crippen LogP) is 2.23. The highest BCUT2D eigenvalue weighted by Crippen LogP contribution is 2.27. The van der Waals surface area contributed by atoms with Crippen molar-refractivity contribution in [2.45, 2.75) is 62.5 Å². The smallest absolute Gasteiger partial charge is 0.475 e. The minimum absolute atomic E-state index is 0.0250. The van der Waals surface area contributed by atoms with Gasteiger partial charge in [0.05, 0.1) is 6.61 Å². The number of piperidine rings is 1. The van der Waals surface area contributed by atoms with Crippen molar-refractivity contribution in [2.24, 2.45) is 0 Å². The number of anilines is 2. The molecule has 2 saturated heterocycles. The molecule has 0 bridgehead atoms. The summed E-state index contributed by atoms with van der Waals surface area (Å²) in [5, 5.41) is 19.0. The summed E-state index contributed by atoms with van der Waals surface area (Å²) in [6.45, 7) is 2.90. The average molecular weight is 574 g/mol. The minimum Gasteiger partial charge on any atom is -0.475 e. The van der Waals surface area contributed by atoms with E-state index in [1.165, 1.54) is 5.56 Å². The van der Waals surface area contributed by atoms with Gasteiger partial charge < -0.3 is 25.8 Å². The number of nitrogens with two attached hydrogens (primary N) is 1. The largest absolute Gasteiger partial charge is 0.490 e. The number of nitrogen functional groups attached to an aromatic ring is 1. The van der Waals surface area contributed by atoms with Crippen molar-refractivity contribution in [1.82, 2.24) is 25.4 Å². The Morgan fingerprint density at radius 1 is 1.15 bits per heavy atom. The third kappa shape index (κ3) is 8.19. The highest BCUT2D eigenvalue weighted by Gasteiger charge is 2.39. The van der Waals surface area contributed by atoms with Crippen molar-refractivity contribution in [3.05, 3.63) is 34.9 Å². The topological polar surface area (TPSA) is 150 Å². The maximum absolute atomic E-state index is 12.7. The van der Waals surface area contributed by atoms with Gasteiger partial charge in [-0.05, 0) is 49.8 Å². The fourth-order valence-corrected chi connectivity index (χ4v) is 4.86. The Bertz CT molecular complexity index is 1120. The molecular formula is C24H31ClF3N7O4. The molecule has 0 radical (unpaired) electrons. The zero-order valence-electron chi connectivity index (χ0n) is 21.0. The van der Waals surface area contributed by atoms with Crippen molar-refractivity contribution in [3.8, 4) is 0 Å². The lowest BCUT2D eigenvalue weighted by molar-refractivity contribution is -0.192. The average Bonchev–Trinajstić information content (AvgIpc) is 3.61. The lowest BCUT2D eigenvalue weighted by Crippen LogP contribution is -2.60. The fourth-order valence-electron chi connectivity index (χ4n) is 4.73. The first-order valence-electron chi connectivity index (χ1n) is 12.6. The number of alkyl halides is 3. The number of aliphatic carboxylic acids is 1. The van der Waals surface area contributed by atoms with Crippen LogP contribution in [0.2, 0.25) is 5.02 Å². The monoisotopic (exact) mass is 573 g/mol. The maximum Gasteiger partial charge on any atom is 0.490 e. The summed E-state index contributed by atoms with van der Waals surface area (Å²) >= 11 is 6.07. The maximum atomic E-state index is 12.7. The standard InChI is InChI=1S/C22H30ClN7O2.C2HF3O2/c23-15-3-1-14(2-4-15)11-18-13-32-19(20(31)25-16-5-6-16)12-30(18)17-7-9-29(10-8-17)22-26-21(24)27-28-22;3-2(4,5)1(6)7/h1-4,16-19H,5-13H2,(H,25,31)(H3,24,26,27,28);(H,6,7)/t18-,19+;/m0./s1. The number of H-pyrrole nitrogens is 1. The van der Waals surface area contributed by atoms with E-state index in [0.717, 1.165) is 56.2 Å². The molecule has 214 valence electrons. The van der Waals surface area contributed by atoms with Gasteiger partial charge in [0.25, 0.3) is 5.91 Å². The van der Waals surface area contributed by atoms with Crippen LogP contribution in [0.5, 0.6) is 0 Å². The van der Waals surface area contributed by atoms with Gasteiger partial charge >= 0.3 is 12.1 Å². The minimum atomic E-state index is -5.08.